The van der Waals surface area contributed by atoms with E-state index in [0.717, 1.165) is 6.07 Å². The fourth-order valence-electron chi connectivity index (χ4n) is 2.38. The highest BCUT2D eigenvalue weighted by atomic mass is 32.2. The Hall–Kier alpha value is -2.90. The summed E-state index contributed by atoms with van der Waals surface area (Å²) < 4.78 is 40.5. The first-order valence-corrected chi connectivity index (χ1v) is 9.24. The fourth-order valence-corrected chi connectivity index (χ4v) is 3.38. The summed E-state index contributed by atoms with van der Waals surface area (Å²) in [4.78, 5) is 16.5. The molecule has 0 unspecified atom stereocenters. The fraction of sp³-hybridized carbons (Fsp3) is 0.0526. The van der Waals surface area contributed by atoms with Crippen molar-refractivity contribution in [3.8, 4) is 11.3 Å². The smallest absolute Gasteiger partial charge is 0.240 e. The molecule has 0 atom stereocenters. The molecule has 0 aliphatic carbocycles. The molecule has 3 rings (SSSR count). The van der Waals surface area contributed by atoms with Gasteiger partial charge in [-0.05, 0) is 42.5 Å². The average molecular weight is 370 g/mol. The molecule has 0 aliphatic rings. The standard InChI is InChI=1S/C19H15FN2O3S/c20-16-11-14(18-8-4-5-9-21-18)10-15(12-16)19(23)13-22-26(24,25)17-6-2-1-3-7-17/h1-12,22H,13H2. The number of ketones is 1. The van der Waals surface area contributed by atoms with Gasteiger partial charge in [-0.1, -0.05) is 24.3 Å². The highest BCUT2D eigenvalue weighted by molar-refractivity contribution is 7.89. The molecule has 1 heterocycles. The maximum Gasteiger partial charge on any atom is 0.240 e. The Balaban J connectivity index is 1.79. The van der Waals surface area contributed by atoms with E-state index < -0.39 is 28.2 Å². The van der Waals surface area contributed by atoms with E-state index in [9.17, 15) is 17.6 Å². The molecule has 132 valence electrons. The van der Waals surface area contributed by atoms with Gasteiger partial charge in [0.1, 0.15) is 5.82 Å². The highest BCUT2D eigenvalue weighted by Gasteiger charge is 2.17. The molecule has 0 saturated carbocycles. The van der Waals surface area contributed by atoms with Gasteiger partial charge in [0.25, 0.3) is 0 Å². The van der Waals surface area contributed by atoms with Crippen molar-refractivity contribution in [1.82, 2.24) is 9.71 Å². The largest absolute Gasteiger partial charge is 0.293 e. The number of benzene rings is 2. The molecule has 3 aromatic rings. The summed E-state index contributed by atoms with van der Waals surface area (Å²) in [6.45, 7) is -0.470. The van der Waals surface area contributed by atoms with Crippen LogP contribution in [0.25, 0.3) is 11.3 Å². The van der Waals surface area contributed by atoms with E-state index in [0.29, 0.717) is 11.3 Å². The van der Waals surface area contributed by atoms with Crippen molar-refractivity contribution >= 4 is 15.8 Å². The summed E-state index contributed by atoms with van der Waals surface area (Å²) in [5, 5.41) is 0. The second-order valence-corrected chi connectivity index (χ2v) is 7.27. The van der Waals surface area contributed by atoms with E-state index in [1.807, 2.05) is 0 Å². The molecule has 0 spiro atoms. The highest BCUT2D eigenvalue weighted by Crippen LogP contribution is 2.20. The minimum absolute atomic E-state index is 0.0567. The zero-order chi connectivity index (χ0) is 18.6. The topological polar surface area (TPSA) is 76.1 Å². The van der Waals surface area contributed by atoms with Crippen LogP contribution in [-0.4, -0.2) is 25.7 Å². The number of rotatable bonds is 6. The lowest BCUT2D eigenvalue weighted by molar-refractivity contribution is 0.0996. The summed E-state index contributed by atoms with van der Waals surface area (Å²) in [7, 11) is -3.81. The summed E-state index contributed by atoms with van der Waals surface area (Å²) >= 11 is 0. The number of carbonyl (C=O) groups is 1. The van der Waals surface area contributed by atoms with Crippen LogP contribution < -0.4 is 4.72 Å². The number of carbonyl (C=O) groups excluding carboxylic acids is 1. The Kier molecular flexibility index (Phi) is 5.20. The van der Waals surface area contributed by atoms with Crippen molar-refractivity contribution in [1.29, 1.82) is 0 Å². The molecule has 0 amide bonds. The minimum Gasteiger partial charge on any atom is -0.293 e. The molecule has 1 N–H and O–H groups in total. The van der Waals surface area contributed by atoms with Crippen LogP contribution in [0.5, 0.6) is 0 Å². The maximum atomic E-state index is 13.9. The lowest BCUT2D eigenvalue weighted by atomic mass is 10.0. The summed E-state index contributed by atoms with van der Waals surface area (Å²) in [5.74, 6) is -1.14. The molecule has 1 aromatic heterocycles. The Bertz CT molecular complexity index is 1020. The molecule has 0 fully saturated rings. The molecule has 5 nitrogen and oxygen atoms in total. The molecule has 2 aromatic carbocycles. The van der Waals surface area contributed by atoms with Crippen LogP contribution in [-0.2, 0) is 10.0 Å². The normalized spacial score (nSPS) is 11.3. The number of nitrogens with one attached hydrogen (secondary N) is 1. The molecule has 0 bridgehead atoms. The first kappa shape index (κ1) is 17.9. The maximum absolute atomic E-state index is 13.9. The van der Waals surface area contributed by atoms with Crippen molar-refractivity contribution in [2.45, 2.75) is 4.90 Å². The third-order valence-electron chi connectivity index (χ3n) is 3.66. The van der Waals surface area contributed by atoms with Gasteiger partial charge in [0.05, 0.1) is 17.1 Å². The third kappa shape index (κ3) is 4.19. The Morgan fingerprint density at radius 2 is 1.73 bits per heavy atom. The van der Waals surface area contributed by atoms with Gasteiger partial charge in [0.2, 0.25) is 10.0 Å². The van der Waals surface area contributed by atoms with Crippen LogP contribution in [0.2, 0.25) is 0 Å². The van der Waals surface area contributed by atoms with Gasteiger partial charge in [0, 0.05) is 17.3 Å². The molecule has 0 aliphatic heterocycles. The van der Waals surface area contributed by atoms with Crippen molar-refractivity contribution in [2.75, 3.05) is 6.54 Å². The Morgan fingerprint density at radius 3 is 2.42 bits per heavy atom. The predicted molar refractivity (Wildman–Crippen MR) is 95.6 cm³/mol. The van der Waals surface area contributed by atoms with Gasteiger partial charge in [-0.15, -0.1) is 0 Å². The predicted octanol–water partition coefficient (Wildman–Crippen LogP) is 3.05. The number of hydrogen-bond donors (Lipinski definition) is 1. The first-order valence-electron chi connectivity index (χ1n) is 7.76. The third-order valence-corrected chi connectivity index (χ3v) is 5.07. The van der Waals surface area contributed by atoms with Gasteiger partial charge in [0.15, 0.2) is 5.78 Å². The summed E-state index contributed by atoms with van der Waals surface area (Å²) in [5.41, 5.74) is 1.03. The van der Waals surface area contributed by atoms with Crippen LogP contribution >= 0.6 is 0 Å². The van der Waals surface area contributed by atoms with Crippen molar-refractivity contribution in [3.63, 3.8) is 0 Å². The van der Waals surface area contributed by atoms with Crippen LogP contribution in [0.15, 0.2) is 77.8 Å². The lowest BCUT2D eigenvalue weighted by Gasteiger charge is -2.08. The van der Waals surface area contributed by atoms with Crippen molar-refractivity contribution in [3.05, 3.63) is 84.3 Å². The molecule has 0 radical (unpaired) electrons. The molecule has 0 saturated heterocycles. The van der Waals surface area contributed by atoms with Crippen molar-refractivity contribution in [2.24, 2.45) is 0 Å². The number of nitrogens with zero attached hydrogens (tertiary/aromatic N) is 1. The quantitative estimate of drug-likeness (QED) is 0.677. The van der Waals surface area contributed by atoms with Gasteiger partial charge in [-0.2, -0.15) is 0 Å². The van der Waals surface area contributed by atoms with Gasteiger partial charge < -0.3 is 0 Å². The van der Waals surface area contributed by atoms with E-state index in [2.05, 4.69) is 9.71 Å². The average Bonchev–Trinajstić information content (AvgIpc) is 2.67. The number of pyridine rings is 1. The number of halogens is 1. The van der Waals surface area contributed by atoms with E-state index >= 15 is 0 Å². The number of hydrogen-bond acceptors (Lipinski definition) is 4. The van der Waals surface area contributed by atoms with Crippen LogP contribution in [0.4, 0.5) is 4.39 Å². The summed E-state index contributed by atoms with van der Waals surface area (Å²) in [6, 6.07) is 16.7. The number of sulfonamides is 1. The minimum atomic E-state index is -3.81. The lowest BCUT2D eigenvalue weighted by Crippen LogP contribution is -2.29. The molecular weight excluding hydrogens is 355 g/mol. The van der Waals surface area contributed by atoms with Gasteiger partial charge >= 0.3 is 0 Å². The SMILES string of the molecule is O=C(CNS(=O)(=O)c1ccccc1)c1cc(F)cc(-c2ccccn2)c1. The van der Waals surface area contributed by atoms with E-state index in [4.69, 9.17) is 0 Å². The second-order valence-electron chi connectivity index (χ2n) is 5.50. The number of Topliss-reactive ketones (excluding diaryl/α,β-unsaturated/α-hetero) is 1. The van der Waals surface area contributed by atoms with Gasteiger partial charge in [-0.25, -0.2) is 17.5 Å². The van der Waals surface area contributed by atoms with Crippen LogP contribution in [0.3, 0.4) is 0 Å². The molecule has 26 heavy (non-hydrogen) atoms. The van der Waals surface area contributed by atoms with Crippen molar-refractivity contribution < 1.29 is 17.6 Å². The Morgan fingerprint density at radius 1 is 1.00 bits per heavy atom. The van der Waals surface area contributed by atoms with E-state index in [1.165, 1.54) is 24.3 Å². The van der Waals surface area contributed by atoms with Gasteiger partial charge in [-0.3, -0.25) is 9.78 Å². The van der Waals surface area contributed by atoms with E-state index in [-0.39, 0.29) is 10.5 Å². The monoisotopic (exact) mass is 370 g/mol. The molecule has 7 heteroatoms. The second kappa shape index (κ2) is 7.55. The summed E-state index contributed by atoms with van der Waals surface area (Å²) in [6.07, 6.45) is 1.57. The number of aromatic nitrogens is 1. The Labute approximate surface area is 150 Å². The molecular formula is C19H15FN2O3S. The van der Waals surface area contributed by atoms with Crippen LogP contribution in [0, 0.1) is 5.82 Å². The van der Waals surface area contributed by atoms with Crippen LogP contribution in [0.1, 0.15) is 10.4 Å². The first-order chi connectivity index (χ1) is 12.5. The van der Waals surface area contributed by atoms with E-state index in [1.54, 1.807) is 42.6 Å². The zero-order valence-corrected chi connectivity index (χ0v) is 14.4. The zero-order valence-electron chi connectivity index (χ0n) is 13.6.